The summed E-state index contributed by atoms with van der Waals surface area (Å²) >= 11 is 0. The molecule has 6 heteroatoms. The molecule has 1 aliphatic heterocycles. The topological polar surface area (TPSA) is 54.9 Å². The van der Waals surface area contributed by atoms with Crippen molar-refractivity contribution in [1.29, 1.82) is 0 Å². The first-order valence-electron chi connectivity index (χ1n) is 8.38. The van der Waals surface area contributed by atoms with E-state index in [1.807, 2.05) is 35.4 Å². The van der Waals surface area contributed by atoms with Crippen LogP contribution in [0.3, 0.4) is 0 Å². The second-order valence-electron chi connectivity index (χ2n) is 5.97. The van der Waals surface area contributed by atoms with Gasteiger partial charge in [0, 0.05) is 44.3 Å². The van der Waals surface area contributed by atoms with Gasteiger partial charge in [0.15, 0.2) is 18.1 Å². The molecule has 0 unspecified atom stereocenters. The van der Waals surface area contributed by atoms with Gasteiger partial charge >= 0.3 is 0 Å². The Hall–Kier alpha value is -2.76. The van der Waals surface area contributed by atoms with Crippen molar-refractivity contribution in [2.75, 3.05) is 44.8 Å². The average molecular weight is 341 g/mol. The Labute approximate surface area is 148 Å². The molecule has 0 N–H and O–H groups in total. The van der Waals surface area contributed by atoms with Crippen molar-refractivity contribution in [3.63, 3.8) is 0 Å². The van der Waals surface area contributed by atoms with Crippen LogP contribution in [0.25, 0.3) is 0 Å². The number of hydrogen-bond donors (Lipinski definition) is 0. The molecule has 0 radical (unpaired) electrons. The number of rotatable bonds is 5. The fourth-order valence-electron chi connectivity index (χ4n) is 2.99. The number of carbonyl (C=O) groups excluding carboxylic acids is 1. The van der Waals surface area contributed by atoms with Crippen LogP contribution in [0.5, 0.6) is 11.5 Å². The number of benzene rings is 1. The standard InChI is InChI=1S/C19H23N3O3/c1-15-13-20-8-7-16(15)21-9-11-22(12-10-21)19(23)14-25-18-6-4-3-5-17(18)24-2/h3-8,13H,9-12,14H2,1-2H3. The lowest BCUT2D eigenvalue weighted by Gasteiger charge is -2.36. The van der Waals surface area contributed by atoms with Crippen LogP contribution in [0.15, 0.2) is 42.7 Å². The second-order valence-corrected chi connectivity index (χ2v) is 5.97. The molecular weight excluding hydrogens is 318 g/mol. The fourth-order valence-corrected chi connectivity index (χ4v) is 2.99. The first-order valence-corrected chi connectivity index (χ1v) is 8.38. The van der Waals surface area contributed by atoms with Gasteiger partial charge in [0.25, 0.3) is 5.91 Å². The molecule has 0 spiro atoms. The van der Waals surface area contributed by atoms with Crippen molar-refractivity contribution < 1.29 is 14.3 Å². The van der Waals surface area contributed by atoms with Crippen molar-refractivity contribution in [2.45, 2.75) is 6.92 Å². The largest absolute Gasteiger partial charge is 0.493 e. The van der Waals surface area contributed by atoms with Crippen LogP contribution in [-0.2, 0) is 4.79 Å². The Balaban J connectivity index is 1.53. The molecule has 3 rings (SSSR count). The van der Waals surface area contributed by atoms with Crippen molar-refractivity contribution in [2.24, 2.45) is 0 Å². The number of amides is 1. The summed E-state index contributed by atoms with van der Waals surface area (Å²) < 4.78 is 10.9. The Bertz CT molecular complexity index is 727. The lowest BCUT2D eigenvalue weighted by Crippen LogP contribution is -2.50. The van der Waals surface area contributed by atoms with E-state index in [4.69, 9.17) is 9.47 Å². The smallest absolute Gasteiger partial charge is 0.260 e. The van der Waals surface area contributed by atoms with Crippen LogP contribution >= 0.6 is 0 Å². The minimum Gasteiger partial charge on any atom is -0.493 e. The van der Waals surface area contributed by atoms with Gasteiger partial charge in [-0.25, -0.2) is 0 Å². The van der Waals surface area contributed by atoms with Crippen LogP contribution in [-0.4, -0.2) is 55.7 Å². The SMILES string of the molecule is COc1ccccc1OCC(=O)N1CCN(c2ccncc2C)CC1. The maximum Gasteiger partial charge on any atom is 0.260 e. The summed E-state index contributed by atoms with van der Waals surface area (Å²) in [4.78, 5) is 20.7. The Morgan fingerprint density at radius 1 is 1.12 bits per heavy atom. The maximum atomic E-state index is 12.4. The van der Waals surface area contributed by atoms with E-state index in [0.29, 0.717) is 24.6 Å². The third kappa shape index (κ3) is 4.02. The zero-order valence-corrected chi connectivity index (χ0v) is 14.6. The molecule has 1 saturated heterocycles. The highest BCUT2D eigenvalue weighted by Gasteiger charge is 2.22. The predicted molar refractivity (Wildman–Crippen MR) is 96.3 cm³/mol. The van der Waals surface area contributed by atoms with E-state index < -0.39 is 0 Å². The van der Waals surface area contributed by atoms with E-state index in [2.05, 4.69) is 16.8 Å². The van der Waals surface area contributed by atoms with E-state index in [9.17, 15) is 4.79 Å². The summed E-state index contributed by atoms with van der Waals surface area (Å²) in [6.07, 6.45) is 3.68. The molecule has 2 heterocycles. The number of hydrogen-bond acceptors (Lipinski definition) is 5. The molecule has 6 nitrogen and oxygen atoms in total. The van der Waals surface area contributed by atoms with Gasteiger partial charge in [0.05, 0.1) is 7.11 Å². The third-order valence-corrected chi connectivity index (χ3v) is 4.38. The van der Waals surface area contributed by atoms with Crippen LogP contribution < -0.4 is 14.4 Å². The van der Waals surface area contributed by atoms with Crippen LogP contribution in [0.2, 0.25) is 0 Å². The summed E-state index contributed by atoms with van der Waals surface area (Å²) in [5.41, 5.74) is 2.34. The van der Waals surface area contributed by atoms with Crippen molar-refractivity contribution in [1.82, 2.24) is 9.88 Å². The van der Waals surface area contributed by atoms with E-state index >= 15 is 0 Å². The second kappa shape index (κ2) is 7.88. The lowest BCUT2D eigenvalue weighted by molar-refractivity contribution is -0.133. The number of aryl methyl sites for hydroxylation is 1. The summed E-state index contributed by atoms with van der Waals surface area (Å²) in [7, 11) is 1.59. The number of para-hydroxylation sites is 2. The molecular formula is C19H23N3O3. The molecule has 1 aromatic heterocycles. The zero-order chi connectivity index (χ0) is 17.6. The van der Waals surface area contributed by atoms with E-state index in [1.54, 1.807) is 19.4 Å². The zero-order valence-electron chi connectivity index (χ0n) is 14.6. The van der Waals surface area contributed by atoms with Crippen LogP contribution in [0, 0.1) is 6.92 Å². The average Bonchev–Trinajstić information content (AvgIpc) is 2.67. The van der Waals surface area contributed by atoms with Crippen molar-refractivity contribution in [3.8, 4) is 11.5 Å². The Morgan fingerprint density at radius 3 is 2.52 bits per heavy atom. The lowest BCUT2D eigenvalue weighted by atomic mass is 10.2. The van der Waals surface area contributed by atoms with Gasteiger partial charge in [-0.15, -0.1) is 0 Å². The number of piperazine rings is 1. The number of ether oxygens (including phenoxy) is 2. The van der Waals surface area contributed by atoms with Crippen LogP contribution in [0.4, 0.5) is 5.69 Å². The molecule has 1 fully saturated rings. The fraction of sp³-hybridized carbons (Fsp3) is 0.368. The molecule has 0 bridgehead atoms. The molecule has 132 valence electrons. The van der Waals surface area contributed by atoms with E-state index in [1.165, 1.54) is 5.69 Å². The van der Waals surface area contributed by atoms with Crippen LogP contribution in [0.1, 0.15) is 5.56 Å². The monoisotopic (exact) mass is 341 g/mol. The molecule has 1 amide bonds. The minimum atomic E-state index is -0.00277. The van der Waals surface area contributed by atoms with Gasteiger partial charge in [-0.05, 0) is 30.7 Å². The molecule has 1 aliphatic rings. The van der Waals surface area contributed by atoms with E-state index in [0.717, 1.165) is 18.7 Å². The van der Waals surface area contributed by atoms with Gasteiger partial charge in [-0.2, -0.15) is 0 Å². The highest BCUT2D eigenvalue weighted by atomic mass is 16.5. The Morgan fingerprint density at radius 2 is 1.84 bits per heavy atom. The summed E-state index contributed by atoms with van der Waals surface area (Å²) in [6.45, 7) is 5.08. The number of methoxy groups -OCH3 is 1. The number of pyridine rings is 1. The minimum absolute atomic E-state index is 0.00277. The van der Waals surface area contributed by atoms with Gasteiger partial charge in [0.1, 0.15) is 0 Å². The number of anilines is 1. The first-order chi connectivity index (χ1) is 12.2. The summed E-state index contributed by atoms with van der Waals surface area (Å²) in [5.74, 6) is 1.22. The van der Waals surface area contributed by atoms with Gasteiger partial charge in [-0.1, -0.05) is 12.1 Å². The molecule has 25 heavy (non-hydrogen) atoms. The summed E-state index contributed by atoms with van der Waals surface area (Å²) in [5, 5.41) is 0. The molecule has 0 atom stereocenters. The summed E-state index contributed by atoms with van der Waals surface area (Å²) in [6, 6.07) is 9.37. The number of carbonyl (C=O) groups is 1. The van der Waals surface area contributed by atoms with Gasteiger partial charge in [-0.3, -0.25) is 9.78 Å². The highest BCUT2D eigenvalue weighted by Crippen LogP contribution is 2.26. The normalized spacial score (nSPS) is 14.3. The van der Waals surface area contributed by atoms with Gasteiger partial charge in [0.2, 0.25) is 0 Å². The molecule has 2 aromatic rings. The van der Waals surface area contributed by atoms with Gasteiger partial charge < -0.3 is 19.3 Å². The number of nitrogens with zero attached hydrogens (tertiary/aromatic N) is 3. The van der Waals surface area contributed by atoms with E-state index in [-0.39, 0.29) is 12.5 Å². The Kier molecular flexibility index (Phi) is 5.38. The highest BCUT2D eigenvalue weighted by molar-refractivity contribution is 5.78. The molecule has 0 saturated carbocycles. The first kappa shape index (κ1) is 17.1. The molecule has 0 aliphatic carbocycles. The third-order valence-electron chi connectivity index (χ3n) is 4.38. The quantitative estimate of drug-likeness (QED) is 0.834. The predicted octanol–water partition coefficient (Wildman–Crippen LogP) is 2.13. The number of aromatic nitrogens is 1. The van der Waals surface area contributed by atoms with Crippen molar-refractivity contribution in [3.05, 3.63) is 48.3 Å². The maximum absolute atomic E-state index is 12.4. The van der Waals surface area contributed by atoms with Crippen molar-refractivity contribution >= 4 is 11.6 Å². The molecule has 1 aromatic carbocycles.